The summed E-state index contributed by atoms with van der Waals surface area (Å²) in [4.78, 5) is 18.0. The summed E-state index contributed by atoms with van der Waals surface area (Å²) < 4.78 is 6.80. The van der Waals surface area contributed by atoms with E-state index in [9.17, 15) is 9.90 Å². The molecule has 5 heteroatoms. The Morgan fingerprint density at radius 2 is 1.85 bits per heavy atom. The number of amides is 1. The first-order chi connectivity index (χ1) is 19.1. The van der Waals surface area contributed by atoms with Crippen LogP contribution in [0.5, 0.6) is 11.5 Å². The minimum absolute atomic E-state index is 0.00816. The van der Waals surface area contributed by atoms with Gasteiger partial charge < -0.3 is 14.7 Å². The number of ether oxygens (including phenoxy) is 1. The van der Waals surface area contributed by atoms with Crippen LogP contribution in [0.1, 0.15) is 41.5 Å². The molecule has 3 aromatic carbocycles. The van der Waals surface area contributed by atoms with Crippen molar-refractivity contribution in [2.45, 2.75) is 55.7 Å². The van der Waals surface area contributed by atoms with Gasteiger partial charge in [-0.15, -0.1) is 0 Å². The van der Waals surface area contributed by atoms with Gasteiger partial charge in [0.25, 0.3) is 0 Å². The van der Waals surface area contributed by atoms with E-state index in [1.54, 1.807) is 12.1 Å². The molecule has 1 amide bonds. The molecule has 0 unspecified atom stereocenters. The van der Waals surface area contributed by atoms with Crippen LogP contribution in [0.3, 0.4) is 0 Å². The van der Waals surface area contributed by atoms with Crippen molar-refractivity contribution >= 4 is 12.0 Å². The number of aromatic hydroxyl groups is 1. The first-order valence-corrected chi connectivity index (χ1v) is 14.4. The molecule has 2 aliphatic carbocycles. The van der Waals surface area contributed by atoms with Gasteiger partial charge in [0.15, 0.2) is 0 Å². The van der Waals surface area contributed by atoms with Gasteiger partial charge in [-0.2, -0.15) is 0 Å². The van der Waals surface area contributed by atoms with Crippen molar-refractivity contribution in [1.29, 1.82) is 0 Å². The van der Waals surface area contributed by atoms with Crippen molar-refractivity contribution in [2.75, 3.05) is 20.1 Å². The van der Waals surface area contributed by atoms with Gasteiger partial charge in [0, 0.05) is 42.3 Å². The fraction of sp³-hybridized carbons (Fsp3) is 0.382. The van der Waals surface area contributed by atoms with Crippen LogP contribution in [0.4, 0.5) is 0 Å². The van der Waals surface area contributed by atoms with Crippen molar-refractivity contribution < 1.29 is 14.6 Å². The van der Waals surface area contributed by atoms with Crippen molar-refractivity contribution in [3.05, 3.63) is 101 Å². The van der Waals surface area contributed by atoms with Crippen molar-refractivity contribution in [3.63, 3.8) is 0 Å². The van der Waals surface area contributed by atoms with E-state index in [0.717, 1.165) is 62.1 Å². The van der Waals surface area contributed by atoms with Crippen molar-refractivity contribution in [3.8, 4) is 11.5 Å². The van der Waals surface area contributed by atoms with E-state index in [1.807, 2.05) is 54.4 Å². The fourth-order valence-corrected chi connectivity index (χ4v) is 8.21. The van der Waals surface area contributed by atoms with Gasteiger partial charge in [-0.05, 0) is 73.9 Å². The Labute approximate surface area is 230 Å². The molecule has 2 bridgehead atoms. The number of piperidine rings is 1. The molecule has 2 fully saturated rings. The summed E-state index contributed by atoms with van der Waals surface area (Å²) in [5.74, 6) is 1.78. The molecule has 2 heterocycles. The van der Waals surface area contributed by atoms with Crippen LogP contribution in [-0.4, -0.2) is 59.1 Å². The first kappa shape index (κ1) is 24.5. The summed E-state index contributed by atoms with van der Waals surface area (Å²) in [7, 11) is 1.93. The number of benzene rings is 3. The Balaban J connectivity index is 1.19. The SMILES string of the molecule is CN(C(=O)C=Cc1ccccc1)[C@H]1CC[C@H]2[C@H]3Cc4c(O)ccc5c4[C@@]2(CCN3CCc2ccccc2)[C@H]1O5. The largest absolute Gasteiger partial charge is 0.508 e. The maximum atomic E-state index is 13.4. The topological polar surface area (TPSA) is 53.0 Å². The highest BCUT2D eigenvalue weighted by Crippen LogP contribution is 2.63. The van der Waals surface area contributed by atoms with E-state index in [0.29, 0.717) is 17.7 Å². The van der Waals surface area contributed by atoms with Crippen LogP contribution < -0.4 is 4.74 Å². The maximum absolute atomic E-state index is 13.4. The molecule has 4 aliphatic rings. The number of hydrogen-bond donors (Lipinski definition) is 1. The number of phenols is 1. The Hall–Kier alpha value is -3.57. The molecule has 5 atom stereocenters. The maximum Gasteiger partial charge on any atom is 0.246 e. The molecule has 0 radical (unpaired) electrons. The molecule has 0 aromatic heterocycles. The molecule has 1 saturated carbocycles. The Bertz CT molecular complexity index is 1400. The van der Waals surface area contributed by atoms with Gasteiger partial charge in [-0.3, -0.25) is 9.69 Å². The highest BCUT2D eigenvalue weighted by Gasteiger charge is 2.66. The predicted octanol–water partition coefficient (Wildman–Crippen LogP) is 5.21. The lowest BCUT2D eigenvalue weighted by molar-refractivity contribution is -0.135. The van der Waals surface area contributed by atoms with E-state index >= 15 is 0 Å². The molecule has 1 N–H and O–H groups in total. The summed E-state index contributed by atoms with van der Waals surface area (Å²) in [6.07, 6.45) is 8.37. The second kappa shape index (κ2) is 9.56. The van der Waals surface area contributed by atoms with Crippen LogP contribution in [0, 0.1) is 5.92 Å². The van der Waals surface area contributed by atoms with Gasteiger partial charge in [-0.25, -0.2) is 0 Å². The van der Waals surface area contributed by atoms with E-state index in [4.69, 9.17) is 4.74 Å². The third-order valence-electron chi connectivity index (χ3n) is 10.0. The molecule has 1 spiro atoms. The highest BCUT2D eigenvalue weighted by molar-refractivity contribution is 5.92. The number of phenolic OH excluding ortho intramolecular Hbond substituents is 1. The summed E-state index contributed by atoms with van der Waals surface area (Å²) in [5, 5.41) is 11.0. The standard InChI is InChI=1S/C34H36N2O3/c1-35(31(38)17-12-23-8-4-2-5-9-23)27-14-13-26-28-22-25-29(37)15-16-30-32(25)34(26,33(27)39-30)19-21-36(28)20-18-24-10-6-3-7-11-24/h2-12,15-17,26-28,33,37H,13-14,18-22H2,1H3/t26-,27-,28+,33-,34-/m0/s1. The lowest BCUT2D eigenvalue weighted by atomic mass is 9.51. The van der Waals surface area contributed by atoms with Crippen LogP contribution in [0.15, 0.2) is 78.9 Å². The average Bonchev–Trinajstić information content (AvgIpc) is 3.31. The lowest BCUT2D eigenvalue weighted by Gasteiger charge is -2.60. The second-order valence-corrected chi connectivity index (χ2v) is 11.8. The minimum Gasteiger partial charge on any atom is -0.508 e. The van der Waals surface area contributed by atoms with Crippen LogP contribution in [-0.2, 0) is 23.1 Å². The molecular weight excluding hydrogens is 484 g/mol. The number of likely N-dealkylation sites (N-methyl/N-ethyl adjacent to an activating group) is 1. The number of carbonyl (C=O) groups is 1. The third kappa shape index (κ3) is 3.89. The van der Waals surface area contributed by atoms with Gasteiger partial charge in [0.05, 0.1) is 6.04 Å². The smallest absolute Gasteiger partial charge is 0.246 e. The molecule has 3 aromatic rings. The number of hydrogen-bond acceptors (Lipinski definition) is 4. The molecule has 5 nitrogen and oxygen atoms in total. The number of likely N-dealkylation sites (tertiary alicyclic amines) is 1. The van der Waals surface area contributed by atoms with Gasteiger partial charge in [0.1, 0.15) is 17.6 Å². The van der Waals surface area contributed by atoms with Crippen molar-refractivity contribution in [2.24, 2.45) is 5.92 Å². The normalized spacial score (nSPS) is 28.6. The van der Waals surface area contributed by atoms with Crippen LogP contribution >= 0.6 is 0 Å². The molecule has 1 saturated heterocycles. The summed E-state index contributed by atoms with van der Waals surface area (Å²) in [5.41, 5.74) is 4.54. The highest BCUT2D eigenvalue weighted by atomic mass is 16.5. The lowest BCUT2D eigenvalue weighted by Crippen LogP contribution is -2.69. The van der Waals surface area contributed by atoms with Gasteiger partial charge in [-0.1, -0.05) is 60.7 Å². The monoisotopic (exact) mass is 520 g/mol. The Kier molecular flexibility index (Phi) is 6.00. The molecule has 7 rings (SSSR count). The number of nitrogens with zero attached hydrogens (tertiary/aromatic N) is 2. The summed E-state index contributed by atoms with van der Waals surface area (Å²) in [6, 6.07) is 24.8. The predicted molar refractivity (Wildman–Crippen MR) is 153 cm³/mol. The molecule has 39 heavy (non-hydrogen) atoms. The third-order valence-corrected chi connectivity index (χ3v) is 10.0. The van der Waals surface area contributed by atoms with Crippen LogP contribution in [0.2, 0.25) is 0 Å². The van der Waals surface area contributed by atoms with Crippen molar-refractivity contribution in [1.82, 2.24) is 9.80 Å². The zero-order chi connectivity index (χ0) is 26.6. The van der Waals surface area contributed by atoms with E-state index in [-0.39, 0.29) is 23.5 Å². The first-order valence-electron chi connectivity index (χ1n) is 14.4. The summed E-state index contributed by atoms with van der Waals surface area (Å²) in [6.45, 7) is 2.04. The molecule has 200 valence electrons. The second-order valence-electron chi connectivity index (χ2n) is 11.8. The fourth-order valence-electron chi connectivity index (χ4n) is 8.21. The van der Waals surface area contributed by atoms with E-state index < -0.39 is 0 Å². The summed E-state index contributed by atoms with van der Waals surface area (Å²) >= 11 is 0. The number of rotatable bonds is 6. The Morgan fingerprint density at radius 3 is 2.64 bits per heavy atom. The molecular formula is C34H36N2O3. The van der Waals surface area contributed by atoms with E-state index in [2.05, 4.69) is 35.2 Å². The average molecular weight is 521 g/mol. The van der Waals surface area contributed by atoms with Gasteiger partial charge in [0.2, 0.25) is 5.91 Å². The Morgan fingerprint density at radius 1 is 1.08 bits per heavy atom. The zero-order valence-corrected chi connectivity index (χ0v) is 22.5. The van der Waals surface area contributed by atoms with Gasteiger partial charge >= 0.3 is 0 Å². The number of carbonyl (C=O) groups excluding carboxylic acids is 1. The molecule has 2 aliphatic heterocycles. The zero-order valence-electron chi connectivity index (χ0n) is 22.5. The van der Waals surface area contributed by atoms with E-state index in [1.165, 1.54) is 11.1 Å². The van der Waals surface area contributed by atoms with Crippen LogP contribution in [0.25, 0.3) is 6.08 Å². The minimum atomic E-state index is -0.157. The quantitative estimate of drug-likeness (QED) is 0.453.